The van der Waals surface area contributed by atoms with Gasteiger partial charge in [0.05, 0.1) is 31.6 Å². The Morgan fingerprint density at radius 1 is 1.06 bits per heavy atom. The molecular weight excluding hydrogens is 462 g/mol. The van der Waals surface area contributed by atoms with Crippen molar-refractivity contribution in [3.63, 3.8) is 0 Å². The maximum atomic E-state index is 12.6. The van der Waals surface area contributed by atoms with Crippen molar-refractivity contribution in [2.75, 3.05) is 48.9 Å². The van der Waals surface area contributed by atoms with E-state index >= 15 is 0 Å². The summed E-state index contributed by atoms with van der Waals surface area (Å²) in [7, 11) is 0. The van der Waals surface area contributed by atoms with E-state index in [1.54, 1.807) is 0 Å². The number of benzene rings is 1. The van der Waals surface area contributed by atoms with Crippen molar-refractivity contribution < 1.29 is 23.9 Å². The van der Waals surface area contributed by atoms with Gasteiger partial charge in [-0.15, -0.1) is 10.2 Å². The van der Waals surface area contributed by atoms with Gasteiger partial charge in [-0.3, -0.25) is 19.0 Å². The van der Waals surface area contributed by atoms with Crippen LogP contribution < -0.4 is 21.7 Å². The first-order valence-corrected chi connectivity index (χ1v) is 11.9. The molecule has 0 radical (unpaired) electrons. The number of nitrogens with one attached hydrogen (secondary N) is 1. The third-order valence-corrected chi connectivity index (χ3v) is 6.49. The van der Waals surface area contributed by atoms with Gasteiger partial charge in [-0.2, -0.15) is 0 Å². The van der Waals surface area contributed by atoms with Gasteiger partial charge in [0, 0.05) is 36.5 Å². The topological polar surface area (TPSA) is 168 Å². The van der Waals surface area contributed by atoms with Gasteiger partial charge in [-0.1, -0.05) is 11.8 Å². The lowest BCUT2D eigenvalue weighted by Crippen LogP contribution is -2.38. The van der Waals surface area contributed by atoms with Crippen LogP contribution in [0.2, 0.25) is 0 Å². The molecule has 0 spiro atoms. The van der Waals surface area contributed by atoms with E-state index in [1.807, 2.05) is 4.57 Å². The van der Waals surface area contributed by atoms with Crippen LogP contribution in [0.5, 0.6) is 0 Å². The molecule has 1 unspecified atom stereocenters. The average Bonchev–Trinajstić information content (AvgIpc) is 3.48. The zero-order chi connectivity index (χ0) is 24.1. The third kappa shape index (κ3) is 5.85. The van der Waals surface area contributed by atoms with Gasteiger partial charge >= 0.3 is 0 Å². The zero-order valence-electron chi connectivity index (χ0n) is 18.6. The summed E-state index contributed by atoms with van der Waals surface area (Å²) in [5.74, 6) is -1.03. The van der Waals surface area contributed by atoms with Crippen molar-refractivity contribution in [3.8, 4) is 0 Å². The first kappa shape index (κ1) is 24.0. The molecule has 1 aromatic carbocycles. The van der Waals surface area contributed by atoms with E-state index in [4.69, 9.17) is 20.9 Å². The number of carbonyl (C=O) groups is 3. The minimum atomic E-state index is -0.731. The molecule has 2 fully saturated rings. The molecule has 3 heterocycles. The van der Waals surface area contributed by atoms with Crippen molar-refractivity contribution in [3.05, 3.63) is 29.3 Å². The largest absolute Gasteiger partial charge is 0.378 e. The molecule has 1 atom stereocenters. The van der Waals surface area contributed by atoms with Crippen LogP contribution in [0.4, 0.5) is 11.6 Å². The van der Waals surface area contributed by atoms with Crippen molar-refractivity contribution in [2.24, 2.45) is 11.5 Å². The number of rotatable bonds is 9. The molecule has 182 valence electrons. The van der Waals surface area contributed by atoms with Crippen LogP contribution in [0, 0.1) is 0 Å². The SMILES string of the molecule is NC(=O)c1cc(NC(=O)CSc2nnc(N3CCOCC3)n2CC2CCCO2)cc(C(N)=O)c1. The molecule has 1 aromatic heterocycles. The molecule has 2 aliphatic heterocycles. The second kappa shape index (κ2) is 10.8. The minimum absolute atomic E-state index is 0.0411. The van der Waals surface area contributed by atoms with Crippen LogP contribution >= 0.6 is 11.8 Å². The first-order valence-electron chi connectivity index (χ1n) is 11.0. The highest BCUT2D eigenvalue weighted by molar-refractivity contribution is 7.99. The first-order chi connectivity index (χ1) is 16.4. The quantitative estimate of drug-likeness (QED) is 0.417. The Labute approximate surface area is 200 Å². The molecule has 34 heavy (non-hydrogen) atoms. The number of primary amides is 2. The van der Waals surface area contributed by atoms with Gasteiger partial charge in [-0.25, -0.2) is 0 Å². The fourth-order valence-corrected chi connectivity index (χ4v) is 4.59. The molecule has 0 aliphatic carbocycles. The van der Waals surface area contributed by atoms with E-state index in [9.17, 15) is 14.4 Å². The number of thioether (sulfide) groups is 1. The van der Waals surface area contributed by atoms with Crippen molar-refractivity contribution in [1.82, 2.24) is 14.8 Å². The number of nitrogens with two attached hydrogens (primary N) is 2. The van der Waals surface area contributed by atoms with Gasteiger partial charge < -0.3 is 31.2 Å². The average molecular weight is 490 g/mol. The van der Waals surface area contributed by atoms with E-state index in [0.29, 0.717) is 38.0 Å². The number of nitrogens with zero attached hydrogens (tertiary/aromatic N) is 4. The fraction of sp³-hybridized carbons (Fsp3) is 0.476. The van der Waals surface area contributed by atoms with Crippen LogP contribution in [0.1, 0.15) is 33.6 Å². The van der Waals surface area contributed by atoms with Gasteiger partial charge in [0.15, 0.2) is 5.16 Å². The number of carbonyl (C=O) groups excluding carboxylic acids is 3. The van der Waals surface area contributed by atoms with Crippen LogP contribution in [0.15, 0.2) is 23.4 Å². The van der Waals surface area contributed by atoms with Crippen LogP contribution in [0.25, 0.3) is 0 Å². The summed E-state index contributed by atoms with van der Waals surface area (Å²) >= 11 is 1.24. The molecule has 4 rings (SSSR count). The lowest BCUT2D eigenvalue weighted by Gasteiger charge is -2.28. The van der Waals surface area contributed by atoms with Crippen LogP contribution in [0.3, 0.4) is 0 Å². The Bertz CT molecular complexity index is 1030. The molecule has 13 heteroatoms. The molecule has 5 N–H and O–H groups in total. The second-order valence-corrected chi connectivity index (χ2v) is 8.93. The summed E-state index contributed by atoms with van der Waals surface area (Å²) in [6.07, 6.45) is 2.05. The van der Waals surface area contributed by atoms with E-state index < -0.39 is 11.8 Å². The Kier molecular flexibility index (Phi) is 7.65. The van der Waals surface area contributed by atoms with Crippen molar-refractivity contribution in [2.45, 2.75) is 30.6 Å². The number of aromatic nitrogens is 3. The maximum Gasteiger partial charge on any atom is 0.248 e. The van der Waals surface area contributed by atoms with Gasteiger partial charge in [0.25, 0.3) is 0 Å². The molecule has 0 saturated carbocycles. The highest BCUT2D eigenvalue weighted by atomic mass is 32.2. The third-order valence-electron chi connectivity index (χ3n) is 5.52. The zero-order valence-corrected chi connectivity index (χ0v) is 19.4. The van der Waals surface area contributed by atoms with Gasteiger partial charge in [0.1, 0.15) is 0 Å². The number of hydrogen-bond donors (Lipinski definition) is 3. The number of ether oxygens (including phenoxy) is 2. The van der Waals surface area contributed by atoms with Crippen LogP contribution in [-0.2, 0) is 20.8 Å². The summed E-state index contributed by atoms with van der Waals surface area (Å²) in [4.78, 5) is 37.9. The number of anilines is 2. The van der Waals surface area contributed by atoms with Crippen LogP contribution in [-0.4, -0.2) is 77.3 Å². The maximum absolute atomic E-state index is 12.6. The lowest BCUT2D eigenvalue weighted by atomic mass is 10.1. The predicted octanol–water partition coefficient (Wildman–Crippen LogP) is 0.222. The Morgan fingerprint density at radius 2 is 1.76 bits per heavy atom. The number of hydrogen-bond acceptors (Lipinski definition) is 9. The molecular formula is C21H27N7O5S. The highest BCUT2D eigenvalue weighted by Crippen LogP contribution is 2.26. The van der Waals surface area contributed by atoms with Gasteiger partial charge in [-0.05, 0) is 31.0 Å². The summed E-state index contributed by atoms with van der Waals surface area (Å²) < 4.78 is 13.2. The minimum Gasteiger partial charge on any atom is -0.378 e. The molecule has 0 bridgehead atoms. The standard InChI is InChI=1S/C21H27N7O5S/c22-18(30)13-8-14(19(23)31)10-15(9-13)24-17(29)12-34-21-26-25-20(27-3-6-32-7-4-27)28(21)11-16-2-1-5-33-16/h8-10,16H,1-7,11-12H2,(H2,22,30)(H2,23,31)(H,24,29). The molecule has 3 amide bonds. The molecule has 2 aliphatic rings. The second-order valence-electron chi connectivity index (χ2n) is 7.99. The normalized spacial score (nSPS) is 18.1. The van der Waals surface area contributed by atoms with Crippen molar-refractivity contribution in [1.29, 1.82) is 0 Å². The molecule has 12 nitrogen and oxygen atoms in total. The van der Waals surface area contributed by atoms with E-state index in [-0.39, 0.29) is 34.6 Å². The predicted molar refractivity (Wildman–Crippen MR) is 125 cm³/mol. The number of amides is 3. The summed E-state index contributed by atoms with van der Waals surface area (Å²) in [6.45, 7) is 4.01. The summed E-state index contributed by atoms with van der Waals surface area (Å²) in [5, 5.41) is 12.0. The summed E-state index contributed by atoms with van der Waals surface area (Å²) in [5.41, 5.74) is 11.0. The smallest absolute Gasteiger partial charge is 0.248 e. The van der Waals surface area contributed by atoms with E-state index in [1.165, 1.54) is 30.0 Å². The van der Waals surface area contributed by atoms with Gasteiger partial charge in [0.2, 0.25) is 23.7 Å². The van der Waals surface area contributed by atoms with E-state index in [2.05, 4.69) is 20.4 Å². The fourth-order valence-electron chi connectivity index (χ4n) is 3.85. The highest BCUT2D eigenvalue weighted by Gasteiger charge is 2.25. The molecule has 2 aromatic rings. The number of morpholine rings is 1. The Balaban J connectivity index is 1.46. The Morgan fingerprint density at radius 3 is 2.38 bits per heavy atom. The summed E-state index contributed by atoms with van der Waals surface area (Å²) in [6, 6.07) is 4.08. The Hall–Kier alpha value is -3.16. The molecule has 2 saturated heterocycles. The van der Waals surface area contributed by atoms with E-state index in [0.717, 1.165) is 25.4 Å². The monoisotopic (exact) mass is 489 g/mol. The lowest BCUT2D eigenvalue weighted by molar-refractivity contribution is -0.113. The van der Waals surface area contributed by atoms with Crippen molar-refractivity contribution >= 4 is 41.1 Å².